The van der Waals surface area contributed by atoms with E-state index >= 15 is 0 Å². The second-order valence-corrected chi connectivity index (χ2v) is 5.38. The molecule has 0 aromatic rings. The Kier molecular flexibility index (Phi) is 4.22. The number of nitrogens with zero attached hydrogens (tertiary/aromatic N) is 1. The monoisotopic (exact) mass is 224 g/mol. The van der Waals surface area contributed by atoms with E-state index in [9.17, 15) is 4.79 Å². The van der Waals surface area contributed by atoms with E-state index in [1.165, 1.54) is 25.7 Å². The summed E-state index contributed by atoms with van der Waals surface area (Å²) in [6, 6.07) is 0.212. The van der Waals surface area contributed by atoms with Gasteiger partial charge < -0.3 is 10.6 Å². The van der Waals surface area contributed by atoms with E-state index < -0.39 is 0 Å². The van der Waals surface area contributed by atoms with Crippen LogP contribution in [0.3, 0.4) is 0 Å². The highest BCUT2D eigenvalue weighted by Crippen LogP contribution is 2.25. The summed E-state index contributed by atoms with van der Waals surface area (Å²) in [5.41, 5.74) is 5.93. The number of hydrogen-bond acceptors (Lipinski definition) is 2. The van der Waals surface area contributed by atoms with Crippen LogP contribution in [0.25, 0.3) is 0 Å². The van der Waals surface area contributed by atoms with Crippen molar-refractivity contribution in [2.45, 2.75) is 57.4 Å². The number of carbonyl (C=O) groups is 1. The Hall–Kier alpha value is -0.570. The van der Waals surface area contributed by atoms with E-state index in [2.05, 4.69) is 0 Å². The lowest BCUT2D eigenvalue weighted by molar-refractivity contribution is -0.137. The second kappa shape index (κ2) is 5.67. The van der Waals surface area contributed by atoms with E-state index in [-0.39, 0.29) is 6.04 Å². The van der Waals surface area contributed by atoms with Crippen LogP contribution in [0, 0.1) is 5.92 Å². The highest BCUT2D eigenvalue weighted by atomic mass is 16.2. The fourth-order valence-corrected chi connectivity index (χ4v) is 2.99. The maximum Gasteiger partial charge on any atom is 0.225 e. The van der Waals surface area contributed by atoms with Crippen LogP contribution in [0.4, 0.5) is 0 Å². The van der Waals surface area contributed by atoms with Crippen molar-refractivity contribution in [3.63, 3.8) is 0 Å². The molecule has 1 heterocycles. The Morgan fingerprint density at radius 1 is 1.00 bits per heavy atom. The molecular weight excluding hydrogens is 200 g/mol. The third-order valence-corrected chi connectivity index (χ3v) is 3.97. The van der Waals surface area contributed by atoms with Crippen molar-refractivity contribution in [1.29, 1.82) is 0 Å². The van der Waals surface area contributed by atoms with Crippen molar-refractivity contribution in [2.75, 3.05) is 13.1 Å². The third kappa shape index (κ3) is 2.97. The lowest BCUT2D eigenvalue weighted by Crippen LogP contribution is -2.47. The van der Waals surface area contributed by atoms with E-state index in [1.54, 1.807) is 0 Å². The fraction of sp³-hybridized carbons (Fsp3) is 0.923. The average Bonchev–Trinajstić information content (AvgIpc) is 2.56. The van der Waals surface area contributed by atoms with E-state index in [4.69, 9.17) is 5.73 Å². The van der Waals surface area contributed by atoms with Gasteiger partial charge in [-0.2, -0.15) is 0 Å². The van der Waals surface area contributed by atoms with Gasteiger partial charge in [0.2, 0.25) is 5.91 Å². The zero-order chi connectivity index (χ0) is 11.4. The van der Waals surface area contributed by atoms with Gasteiger partial charge in [0.1, 0.15) is 0 Å². The Labute approximate surface area is 98.4 Å². The summed E-state index contributed by atoms with van der Waals surface area (Å²) < 4.78 is 0. The molecule has 1 saturated heterocycles. The molecule has 1 aliphatic heterocycles. The van der Waals surface area contributed by atoms with Crippen LogP contribution in [0.1, 0.15) is 51.4 Å². The van der Waals surface area contributed by atoms with Gasteiger partial charge >= 0.3 is 0 Å². The largest absolute Gasteiger partial charge is 0.341 e. The Morgan fingerprint density at radius 2 is 1.69 bits per heavy atom. The summed E-state index contributed by atoms with van der Waals surface area (Å²) in [5.74, 6) is 0.685. The summed E-state index contributed by atoms with van der Waals surface area (Å²) in [7, 11) is 0. The molecule has 1 saturated carbocycles. The molecule has 2 fully saturated rings. The van der Waals surface area contributed by atoms with Crippen LogP contribution in [0.15, 0.2) is 0 Å². The standard InChI is InChI=1S/C13H24N2O/c14-12-8-5-9-15(10-12)13(16)11-6-3-1-2-4-7-11/h11-12H,1-10,14H2/t12-/m1/s1. The van der Waals surface area contributed by atoms with Crippen LogP contribution in [-0.2, 0) is 4.79 Å². The first-order valence-electron chi connectivity index (χ1n) is 6.82. The van der Waals surface area contributed by atoms with Crippen molar-refractivity contribution in [3.8, 4) is 0 Å². The highest BCUT2D eigenvalue weighted by molar-refractivity contribution is 5.79. The van der Waals surface area contributed by atoms with Gasteiger partial charge in [0, 0.05) is 25.0 Å². The summed E-state index contributed by atoms with van der Waals surface area (Å²) in [4.78, 5) is 14.3. The first kappa shape index (κ1) is 11.9. The number of piperidine rings is 1. The first-order valence-corrected chi connectivity index (χ1v) is 6.82. The van der Waals surface area contributed by atoms with Crippen LogP contribution in [0.5, 0.6) is 0 Å². The maximum absolute atomic E-state index is 12.3. The lowest BCUT2D eigenvalue weighted by atomic mass is 9.96. The summed E-state index contributed by atoms with van der Waals surface area (Å²) in [6.45, 7) is 1.72. The molecule has 1 atom stereocenters. The molecule has 2 rings (SSSR count). The highest BCUT2D eigenvalue weighted by Gasteiger charge is 2.27. The van der Waals surface area contributed by atoms with Gasteiger partial charge in [-0.25, -0.2) is 0 Å². The van der Waals surface area contributed by atoms with E-state index in [0.717, 1.165) is 38.8 Å². The zero-order valence-corrected chi connectivity index (χ0v) is 10.2. The summed E-state index contributed by atoms with van der Waals surface area (Å²) in [6.07, 6.45) is 9.45. The minimum Gasteiger partial charge on any atom is -0.341 e. The van der Waals surface area contributed by atoms with Crippen LogP contribution in [-0.4, -0.2) is 29.9 Å². The molecule has 0 bridgehead atoms. The van der Waals surface area contributed by atoms with Crippen LogP contribution in [0.2, 0.25) is 0 Å². The number of nitrogens with two attached hydrogens (primary N) is 1. The molecule has 0 aromatic heterocycles. The zero-order valence-electron chi connectivity index (χ0n) is 10.2. The van der Waals surface area contributed by atoms with Gasteiger partial charge in [0.25, 0.3) is 0 Å². The molecule has 0 aromatic carbocycles. The van der Waals surface area contributed by atoms with Crippen molar-refractivity contribution in [1.82, 2.24) is 4.90 Å². The number of hydrogen-bond donors (Lipinski definition) is 1. The maximum atomic E-state index is 12.3. The van der Waals surface area contributed by atoms with Gasteiger partial charge in [0.15, 0.2) is 0 Å². The topological polar surface area (TPSA) is 46.3 Å². The van der Waals surface area contributed by atoms with E-state index in [1.807, 2.05) is 4.90 Å². The Morgan fingerprint density at radius 3 is 2.31 bits per heavy atom. The predicted octanol–water partition coefficient (Wildman–Crippen LogP) is 1.91. The van der Waals surface area contributed by atoms with Crippen molar-refractivity contribution in [3.05, 3.63) is 0 Å². The van der Waals surface area contributed by atoms with Crippen LogP contribution >= 0.6 is 0 Å². The molecule has 1 aliphatic carbocycles. The van der Waals surface area contributed by atoms with Gasteiger partial charge in [0.05, 0.1) is 0 Å². The fourth-order valence-electron chi connectivity index (χ4n) is 2.99. The van der Waals surface area contributed by atoms with Crippen LogP contribution < -0.4 is 5.73 Å². The molecule has 92 valence electrons. The molecule has 16 heavy (non-hydrogen) atoms. The quantitative estimate of drug-likeness (QED) is 0.692. The predicted molar refractivity (Wildman–Crippen MR) is 65.0 cm³/mol. The van der Waals surface area contributed by atoms with Gasteiger partial charge in [-0.1, -0.05) is 25.7 Å². The van der Waals surface area contributed by atoms with Gasteiger partial charge in [-0.05, 0) is 25.7 Å². The Balaban J connectivity index is 1.89. The molecular formula is C13H24N2O. The molecule has 2 aliphatic rings. The number of rotatable bonds is 1. The minimum atomic E-state index is 0.212. The minimum absolute atomic E-state index is 0.212. The third-order valence-electron chi connectivity index (χ3n) is 3.97. The van der Waals surface area contributed by atoms with Gasteiger partial charge in [-0.3, -0.25) is 4.79 Å². The molecule has 0 unspecified atom stereocenters. The number of carbonyl (C=O) groups excluding carboxylic acids is 1. The van der Waals surface area contributed by atoms with E-state index in [0.29, 0.717) is 11.8 Å². The molecule has 0 radical (unpaired) electrons. The smallest absolute Gasteiger partial charge is 0.225 e. The lowest BCUT2D eigenvalue weighted by Gasteiger charge is -2.33. The molecule has 3 heteroatoms. The molecule has 3 nitrogen and oxygen atoms in total. The number of amides is 1. The first-order chi connectivity index (χ1) is 7.77. The van der Waals surface area contributed by atoms with Crippen molar-refractivity contribution >= 4 is 5.91 Å². The summed E-state index contributed by atoms with van der Waals surface area (Å²) >= 11 is 0. The molecule has 0 spiro atoms. The van der Waals surface area contributed by atoms with Gasteiger partial charge in [-0.15, -0.1) is 0 Å². The number of likely N-dealkylation sites (tertiary alicyclic amines) is 1. The molecule has 1 amide bonds. The van der Waals surface area contributed by atoms with Crippen molar-refractivity contribution in [2.24, 2.45) is 11.7 Å². The second-order valence-electron chi connectivity index (χ2n) is 5.38. The average molecular weight is 224 g/mol. The Bertz CT molecular complexity index is 230. The SMILES string of the molecule is N[C@@H]1CCCN(C(=O)C2CCCCCC2)C1. The summed E-state index contributed by atoms with van der Waals surface area (Å²) in [5, 5.41) is 0. The normalized spacial score (nSPS) is 28.8. The van der Waals surface area contributed by atoms with Crippen molar-refractivity contribution < 1.29 is 4.79 Å². The molecule has 2 N–H and O–H groups in total.